The largest absolute Gasteiger partial charge is 0.478 e. The summed E-state index contributed by atoms with van der Waals surface area (Å²) in [5.74, 6) is -0.541. The third kappa shape index (κ3) is 2.87. The first kappa shape index (κ1) is 14.3. The number of aromatic nitrogens is 2. The Morgan fingerprint density at radius 3 is 2.68 bits per heavy atom. The van der Waals surface area contributed by atoms with Crippen LogP contribution >= 0.6 is 11.8 Å². The average Bonchev–Trinajstić information content (AvgIpc) is 2.53. The number of benzene rings is 2. The molecule has 5 nitrogen and oxygen atoms in total. The lowest BCUT2D eigenvalue weighted by molar-refractivity contribution is 0.0696. The van der Waals surface area contributed by atoms with E-state index in [2.05, 4.69) is 9.97 Å². The van der Waals surface area contributed by atoms with Crippen molar-refractivity contribution in [3.63, 3.8) is 0 Å². The van der Waals surface area contributed by atoms with Crippen molar-refractivity contribution in [2.24, 2.45) is 0 Å². The van der Waals surface area contributed by atoms with E-state index in [4.69, 9.17) is 5.11 Å². The second-order valence-electron chi connectivity index (χ2n) is 4.64. The average molecular weight is 312 g/mol. The third-order valence-electron chi connectivity index (χ3n) is 3.20. The topological polar surface area (TPSA) is 83.0 Å². The van der Waals surface area contributed by atoms with E-state index >= 15 is 0 Å². The molecule has 0 spiro atoms. The van der Waals surface area contributed by atoms with Gasteiger partial charge in [-0.2, -0.15) is 0 Å². The number of carbonyl (C=O) groups is 1. The molecule has 0 unspecified atom stereocenters. The number of hydrogen-bond donors (Lipinski definition) is 2. The van der Waals surface area contributed by atoms with Gasteiger partial charge in [-0.3, -0.25) is 4.79 Å². The van der Waals surface area contributed by atoms with Crippen molar-refractivity contribution in [3.05, 3.63) is 70.0 Å². The number of thioether (sulfide) groups is 1. The first-order chi connectivity index (χ1) is 10.6. The summed E-state index contributed by atoms with van der Waals surface area (Å²) in [5, 5.41) is 10.2. The fourth-order valence-electron chi connectivity index (χ4n) is 2.13. The smallest absolute Gasteiger partial charge is 0.335 e. The molecule has 6 heteroatoms. The third-order valence-corrected chi connectivity index (χ3v) is 4.13. The molecule has 0 saturated heterocycles. The summed E-state index contributed by atoms with van der Waals surface area (Å²) in [6.07, 6.45) is 0. The minimum Gasteiger partial charge on any atom is -0.478 e. The van der Waals surface area contributed by atoms with Crippen LogP contribution in [-0.2, 0) is 5.75 Å². The summed E-state index contributed by atoms with van der Waals surface area (Å²) < 4.78 is 0. The number of aromatic carboxylic acids is 1. The van der Waals surface area contributed by atoms with E-state index in [9.17, 15) is 9.59 Å². The highest BCUT2D eigenvalue weighted by Crippen LogP contribution is 2.22. The molecule has 22 heavy (non-hydrogen) atoms. The quantitative estimate of drug-likeness (QED) is 0.572. The second kappa shape index (κ2) is 6.03. The fraction of sp³-hybridized carbons (Fsp3) is 0.0625. The zero-order chi connectivity index (χ0) is 15.5. The van der Waals surface area contributed by atoms with Gasteiger partial charge in [0.2, 0.25) is 0 Å². The summed E-state index contributed by atoms with van der Waals surface area (Å²) in [7, 11) is 0. The first-order valence-corrected chi connectivity index (χ1v) is 7.57. The van der Waals surface area contributed by atoms with Crippen LogP contribution in [0.1, 0.15) is 15.9 Å². The Labute approximate surface area is 130 Å². The monoisotopic (exact) mass is 312 g/mol. The van der Waals surface area contributed by atoms with Gasteiger partial charge in [-0.05, 0) is 23.8 Å². The number of H-pyrrole nitrogens is 1. The van der Waals surface area contributed by atoms with Crippen LogP contribution < -0.4 is 5.56 Å². The molecular formula is C16H12N2O3S. The highest BCUT2D eigenvalue weighted by Gasteiger charge is 2.10. The van der Waals surface area contributed by atoms with E-state index in [0.717, 1.165) is 0 Å². The van der Waals surface area contributed by atoms with Crippen LogP contribution in [-0.4, -0.2) is 21.0 Å². The van der Waals surface area contributed by atoms with Gasteiger partial charge >= 0.3 is 5.97 Å². The molecule has 3 aromatic rings. The van der Waals surface area contributed by atoms with Crippen LogP contribution in [0.3, 0.4) is 0 Å². The molecule has 2 aromatic carbocycles. The predicted molar refractivity (Wildman–Crippen MR) is 85.3 cm³/mol. The van der Waals surface area contributed by atoms with E-state index < -0.39 is 5.97 Å². The van der Waals surface area contributed by atoms with Gasteiger partial charge in [0.25, 0.3) is 5.56 Å². The molecule has 0 atom stereocenters. The normalized spacial score (nSPS) is 10.7. The molecule has 0 bridgehead atoms. The van der Waals surface area contributed by atoms with Crippen molar-refractivity contribution < 1.29 is 9.90 Å². The van der Waals surface area contributed by atoms with Crippen molar-refractivity contribution in [2.75, 3.05) is 0 Å². The molecule has 0 radical (unpaired) electrons. The number of hydrogen-bond acceptors (Lipinski definition) is 4. The Morgan fingerprint density at radius 1 is 1.14 bits per heavy atom. The van der Waals surface area contributed by atoms with Gasteiger partial charge in [-0.15, -0.1) is 0 Å². The Hall–Kier alpha value is -2.60. The van der Waals surface area contributed by atoms with E-state index in [0.29, 0.717) is 27.4 Å². The maximum Gasteiger partial charge on any atom is 0.335 e. The molecule has 3 rings (SSSR count). The van der Waals surface area contributed by atoms with Crippen LogP contribution in [0, 0.1) is 0 Å². The summed E-state index contributed by atoms with van der Waals surface area (Å²) >= 11 is 1.30. The highest BCUT2D eigenvalue weighted by molar-refractivity contribution is 7.98. The molecular weight excluding hydrogens is 300 g/mol. The van der Waals surface area contributed by atoms with Gasteiger partial charge < -0.3 is 10.1 Å². The maximum absolute atomic E-state index is 12.0. The van der Waals surface area contributed by atoms with Gasteiger partial charge in [0, 0.05) is 5.75 Å². The van der Waals surface area contributed by atoms with Gasteiger partial charge in [0.05, 0.1) is 16.5 Å². The van der Waals surface area contributed by atoms with Crippen molar-refractivity contribution in [1.82, 2.24) is 9.97 Å². The van der Waals surface area contributed by atoms with Crippen molar-refractivity contribution >= 4 is 28.6 Å². The molecule has 0 amide bonds. The molecule has 1 heterocycles. The predicted octanol–water partition coefficient (Wildman–Crippen LogP) is 2.91. The summed E-state index contributed by atoms with van der Waals surface area (Å²) in [6.45, 7) is 0. The molecule has 0 aliphatic carbocycles. The van der Waals surface area contributed by atoms with Crippen LogP contribution in [0.25, 0.3) is 10.9 Å². The minimum atomic E-state index is -0.962. The Balaban J connectivity index is 1.89. The fourth-order valence-corrected chi connectivity index (χ4v) is 3.01. The summed E-state index contributed by atoms with van der Waals surface area (Å²) in [6, 6.07) is 13.9. The van der Waals surface area contributed by atoms with E-state index in [1.807, 2.05) is 6.07 Å². The molecule has 2 N–H and O–H groups in total. The lowest BCUT2D eigenvalue weighted by atomic mass is 10.1. The lowest BCUT2D eigenvalue weighted by Crippen LogP contribution is -2.09. The molecule has 0 aliphatic heterocycles. The highest BCUT2D eigenvalue weighted by atomic mass is 32.2. The maximum atomic E-state index is 12.0. The lowest BCUT2D eigenvalue weighted by Gasteiger charge is -2.06. The van der Waals surface area contributed by atoms with Crippen molar-refractivity contribution in [3.8, 4) is 0 Å². The standard InChI is InChI=1S/C16H12N2O3S/c19-14-12-7-3-4-8-13(12)17-16(18-14)22-9-10-5-1-2-6-11(10)15(20)21/h1-8H,9H2,(H,20,21)(H,17,18,19). The first-order valence-electron chi connectivity index (χ1n) is 6.58. The van der Waals surface area contributed by atoms with Gasteiger partial charge in [0.15, 0.2) is 5.16 Å². The number of carboxylic acids is 1. The molecule has 1 aromatic heterocycles. The van der Waals surface area contributed by atoms with E-state index in [1.54, 1.807) is 42.5 Å². The Morgan fingerprint density at radius 2 is 1.86 bits per heavy atom. The van der Waals surface area contributed by atoms with Crippen LogP contribution in [0.15, 0.2) is 58.5 Å². The van der Waals surface area contributed by atoms with Gasteiger partial charge in [-0.25, -0.2) is 9.78 Å². The number of fused-ring (bicyclic) bond motifs is 1. The van der Waals surface area contributed by atoms with Crippen LogP contribution in [0.4, 0.5) is 0 Å². The van der Waals surface area contributed by atoms with Crippen molar-refractivity contribution in [1.29, 1.82) is 0 Å². The van der Waals surface area contributed by atoms with E-state index in [-0.39, 0.29) is 11.1 Å². The van der Waals surface area contributed by atoms with Crippen molar-refractivity contribution in [2.45, 2.75) is 10.9 Å². The van der Waals surface area contributed by atoms with Crippen LogP contribution in [0.5, 0.6) is 0 Å². The molecule has 0 fully saturated rings. The number of nitrogens with zero attached hydrogens (tertiary/aromatic N) is 1. The van der Waals surface area contributed by atoms with E-state index in [1.165, 1.54) is 11.8 Å². The number of nitrogens with one attached hydrogen (secondary N) is 1. The minimum absolute atomic E-state index is 0.195. The summed E-state index contributed by atoms with van der Waals surface area (Å²) in [5.41, 5.74) is 1.38. The Kier molecular flexibility index (Phi) is 3.93. The van der Waals surface area contributed by atoms with Crippen LogP contribution in [0.2, 0.25) is 0 Å². The second-order valence-corrected chi connectivity index (χ2v) is 5.60. The number of aromatic amines is 1. The Bertz CT molecular complexity index is 905. The van der Waals surface area contributed by atoms with Gasteiger partial charge in [-0.1, -0.05) is 42.1 Å². The zero-order valence-corrected chi connectivity index (χ0v) is 12.3. The molecule has 110 valence electrons. The zero-order valence-electron chi connectivity index (χ0n) is 11.4. The van der Waals surface area contributed by atoms with Gasteiger partial charge in [0.1, 0.15) is 0 Å². The number of carboxylic acid groups (broad SMARTS) is 1. The summed E-state index contributed by atoms with van der Waals surface area (Å²) in [4.78, 5) is 30.3. The number of para-hydroxylation sites is 1. The number of rotatable bonds is 4. The molecule has 0 saturated carbocycles. The molecule has 0 aliphatic rings. The SMILES string of the molecule is O=C(O)c1ccccc1CSc1nc2ccccc2c(=O)[nH]1.